The number of pyridine rings is 1. The number of carbonyl (C=O) groups excluding carboxylic acids is 1. The highest BCUT2D eigenvalue weighted by atomic mass is 16.5. The molecule has 0 saturated heterocycles. The predicted octanol–water partition coefficient (Wildman–Crippen LogP) is 0.592. The highest BCUT2D eigenvalue weighted by molar-refractivity contribution is 5.93. The summed E-state index contributed by atoms with van der Waals surface area (Å²) in [5, 5.41) is 6.53. The van der Waals surface area contributed by atoms with Crippen LogP contribution in [0.2, 0.25) is 0 Å². The van der Waals surface area contributed by atoms with E-state index in [2.05, 4.69) is 20.4 Å². The zero-order valence-electron chi connectivity index (χ0n) is 11.8. The maximum absolute atomic E-state index is 11.9. The van der Waals surface area contributed by atoms with E-state index in [-0.39, 0.29) is 12.5 Å². The molecule has 1 N–H and O–H groups in total. The lowest BCUT2D eigenvalue weighted by molar-refractivity contribution is 0.0953. The second-order valence-corrected chi connectivity index (χ2v) is 4.13. The van der Waals surface area contributed by atoms with Crippen LogP contribution in [0.3, 0.4) is 0 Å². The molecule has 0 saturated carbocycles. The Morgan fingerprint density at radius 2 is 2.24 bits per heavy atom. The summed E-state index contributed by atoms with van der Waals surface area (Å²) in [6, 6.07) is 3.28. The molecule has 21 heavy (non-hydrogen) atoms. The minimum atomic E-state index is -0.217. The Labute approximate surface area is 121 Å². The smallest absolute Gasteiger partial charge is 0.252 e. The van der Waals surface area contributed by atoms with Crippen molar-refractivity contribution in [3.63, 3.8) is 0 Å². The summed E-state index contributed by atoms with van der Waals surface area (Å²) in [4.78, 5) is 19.9. The van der Waals surface area contributed by atoms with Crippen molar-refractivity contribution in [2.45, 2.75) is 13.0 Å². The summed E-state index contributed by atoms with van der Waals surface area (Å²) < 4.78 is 14.8. The Morgan fingerprint density at radius 1 is 1.38 bits per heavy atom. The molecule has 8 nitrogen and oxygen atoms in total. The summed E-state index contributed by atoms with van der Waals surface area (Å²) in [5.41, 5.74) is 0.462. The van der Waals surface area contributed by atoms with Crippen LogP contribution in [-0.4, -0.2) is 41.8 Å². The van der Waals surface area contributed by atoms with Crippen LogP contribution in [-0.2, 0) is 17.8 Å². The third-order valence-corrected chi connectivity index (χ3v) is 2.62. The van der Waals surface area contributed by atoms with Gasteiger partial charge in [-0.25, -0.2) is 4.98 Å². The van der Waals surface area contributed by atoms with Crippen molar-refractivity contribution < 1.29 is 18.8 Å². The molecule has 112 valence electrons. The van der Waals surface area contributed by atoms with Crippen molar-refractivity contribution in [2.75, 3.05) is 20.8 Å². The maximum atomic E-state index is 11.9. The van der Waals surface area contributed by atoms with Crippen LogP contribution in [0.25, 0.3) is 0 Å². The third-order valence-electron chi connectivity index (χ3n) is 2.62. The number of nitrogens with one attached hydrogen (secondary N) is 1. The molecule has 2 aromatic rings. The molecular weight excluding hydrogens is 276 g/mol. The fraction of sp³-hybridized carbons (Fsp3) is 0.385. The van der Waals surface area contributed by atoms with Crippen molar-refractivity contribution in [3.8, 4) is 5.88 Å². The van der Waals surface area contributed by atoms with Gasteiger partial charge in [-0.05, 0) is 6.07 Å². The topological polar surface area (TPSA) is 99.4 Å². The number of carbonyl (C=O) groups is 1. The predicted molar refractivity (Wildman–Crippen MR) is 71.8 cm³/mol. The molecule has 0 aliphatic heterocycles. The summed E-state index contributed by atoms with van der Waals surface area (Å²) in [7, 11) is 3.07. The fourth-order valence-corrected chi connectivity index (χ4v) is 1.60. The van der Waals surface area contributed by atoms with Crippen LogP contribution < -0.4 is 10.1 Å². The third kappa shape index (κ3) is 4.25. The molecule has 2 rings (SSSR count). The van der Waals surface area contributed by atoms with Crippen LogP contribution >= 0.6 is 0 Å². The molecule has 0 unspecified atom stereocenters. The van der Waals surface area contributed by atoms with Gasteiger partial charge in [-0.15, -0.1) is 0 Å². The van der Waals surface area contributed by atoms with Crippen molar-refractivity contribution in [1.29, 1.82) is 0 Å². The van der Waals surface area contributed by atoms with E-state index in [1.165, 1.54) is 13.3 Å². The van der Waals surface area contributed by atoms with E-state index in [4.69, 9.17) is 14.0 Å². The van der Waals surface area contributed by atoms with Gasteiger partial charge in [-0.1, -0.05) is 5.16 Å². The monoisotopic (exact) mass is 292 g/mol. The first kappa shape index (κ1) is 14.9. The second-order valence-electron chi connectivity index (χ2n) is 4.13. The summed E-state index contributed by atoms with van der Waals surface area (Å²) in [6.45, 7) is 0.674. The highest BCUT2D eigenvalue weighted by Gasteiger charge is 2.08. The average Bonchev–Trinajstić information content (AvgIpc) is 2.95. The number of nitrogens with zero attached hydrogens (tertiary/aromatic N) is 3. The van der Waals surface area contributed by atoms with Gasteiger partial charge in [-0.3, -0.25) is 4.79 Å². The van der Waals surface area contributed by atoms with E-state index in [0.717, 1.165) is 0 Å². The van der Waals surface area contributed by atoms with Gasteiger partial charge in [0.25, 0.3) is 11.8 Å². The van der Waals surface area contributed by atoms with E-state index < -0.39 is 0 Å². The Kier molecular flexibility index (Phi) is 5.22. The van der Waals surface area contributed by atoms with Crippen LogP contribution in [0, 0.1) is 0 Å². The molecular formula is C13H16N4O4. The number of hydrogen-bond acceptors (Lipinski definition) is 7. The molecule has 0 aliphatic rings. The quantitative estimate of drug-likeness (QED) is 0.797. The minimum Gasteiger partial charge on any atom is -0.481 e. The van der Waals surface area contributed by atoms with Gasteiger partial charge in [-0.2, -0.15) is 4.98 Å². The molecule has 0 atom stereocenters. The van der Waals surface area contributed by atoms with Crippen molar-refractivity contribution in [3.05, 3.63) is 35.6 Å². The number of aromatic nitrogens is 3. The lowest BCUT2D eigenvalue weighted by Gasteiger charge is -2.04. The standard InChI is InChI=1S/C13H16N4O4/c1-19-8-12-16-10(17-21-12)5-6-14-13(18)9-3-4-11(20-2)15-7-9/h3-4,7H,5-6,8H2,1-2H3,(H,14,18). The SMILES string of the molecule is COCc1nc(CCNC(=O)c2ccc(OC)nc2)no1. The Morgan fingerprint density at radius 3 is 2.90 bits per heavy atom. The fourth-order valence-electron chi connectivity index (χ4n) is 1.60. The van der Waals surface area contributed by atoms with Crippen LogP contribution in [0.1, 0.15) is 22.1 Å². The Hall–Kier alpha value is -2.48. The number of ether oxygens (including phenoxy) is 2. The summed E-state index contributed by atoms with van der Waals surface area (Å²) in [5.74, 6) is 1.18. The molecule has 2 heterocycles. The molecule has 2 aromatic heterocycles. The number of rotatable bonds is 7. The van der Waals surface area contributed by atoms with E-state index in [9.17, 15) is 4.79 Å². The first-order valence-electron chi connectivity index (χ1n) is 6.31. The molecule has 0 aliphatic carbocycles. The molecule has 1 amide bonds. The first-order valence-corrected chi connectivity index (χ1v) is 6.31. The average molecular weight is 292 g/mol. The van der Waals surface area contributed by atoms with Gasteiger partial charge in [0.15, 0.2) is 5.82 Å². The van der Waals surface area contributed by atoms with Gasteiger partial charge in [0.2, 0.25) is 5.88 Å². The van der Waals surface area contributed by atoms with Crippen molar-refractivity contribution in [2.24, 2.45) is 0 Å². The van der Waals surface area contributed by atoms with Gasteiger partial charge < -0.3 is 19.3 Å². The molecule has 0 spiro atoms. The minimum absolute atomic E-state index is 0.217. The summed E-state index contributed by atoms with van der Waals surface area (Å²) >= 11 is 0. The van der Waals surface area contributed by atoms with Crippen molar-refractivity contribution >= 4 is 5.91 Å². The van der Waals surface area contributed by atoms with Gasteiger partial charge >= 0.3 is 0 Å². The zero-order valence-corrected chi connectivity index (χ0v) is 11.8. The van der Waals surface area contributed by atoms with Crippen LogP contribution in [0.5, 0.6) is 5.88 Å². The second kappa shape index (κ2) is 7.34. The first-order chi connectivity index (χ1) is 10.2. The van der Waals surface area contributed by atoms with Crippen LogP contribution in [0.4, 0.5) is 0 Å². The van der Waals surface area contributed by atoms with E-state index >= 15 is 0 Å². The largest absolute Gasteiger partial charge is 0.481 e. The molecule has 8 heteroatoms. The number of methoxy groups -OCH3 is 2. The zero-order chi connectivity index (χ0) is 15.1. The molecule has 0 aromatic carbocycles. The maximum Gasteiger partial charge on any atom is 0.252 e. The van der Waals surface area contributed by atoms with Gasteiger partial charge in [0, 0.05) is 32.3 Å². The summed E-state index contributed by atoms with van der Waals surface area (Å²) in [6.07, 6.45) is 1.93. The molecule has 0 radical (unpaired) electrons. The number of hydrogen-bond donors (Lipinski definition) is 1. The normalized spacial score (nSPS) is 10.4. The van der Waals surface area contributed by atoms with Gasteiger partial charge in [0.05, 0.1) is 12.7 Å². The van der Waals surface area contributed by atoms with Crippen LogP contribution in [0.15, 0.2) is 22.9 Å². The molecule has 0 fully saturated rings. The highest BCUT2D eigenvalue weighted by Crippen LogP contribution is 2.06. The lowest BCUT2D eigenvalue weighted by Crippen LogP contribution is -2.26. The van der Waals surface area contributed by atoms with E-state index in [0.29, 0.717) is 36.1 Å². The number of amides is 1. The lowest BCUT2D eigenvalue weighted by atomic mass is 10.2. The van der Waals surface area contributed by atoms with Gasteiger partial charge in [0.1, 0.15) is 6.61 Å². The Balaban J connectivity index is 1.80. The van der Waals surface area contributed by atoms with E-state index in [1.54, 1.807) is 19.2 Å². The van der Waals surface area contributed by atoms with E-state index in [1.807, 2.05) is 0 Å². The van der Waals surface area contributed by atoms with Crippen molar-refractivity contribution in [1.82, 2.24) is 20.4 Å². The Bertz CT molecular complexity index is 582. The molecule has 0 bridgehead atoms.